The van der Waals surface area contributed by atoms with E-state index in [1.807, 2.05) is 24.3 Å². The van der Waals surface area contributed by atoms with Crippen LogP contribution < -0.4 is 10.5 Å². The number of benzene rings is 1. The summed E-state index contributed by atoms with van der Waals surface area (Å²) in [5.74, 6) is 1.52. The highest BCUT2D eigenvalue weighted by Crippen LogP contribution is 2.12. The first-order valence-corrected chi connectivity index (χ1v) is 6.67. The van der Waals surface area contributed by atoms with Gasteiger partial charge in [-0.2, -0.15) is 0 Å². The highest BCUT2D eigenvalue weighted by Gasteiger charge is 1.96. The van der Waals surface area contributed by atoms with Crippen molar-refractivity contribution in [2.75, 3.05) is 18.6 Å². The Kier molecular flexibility index (Phi) is 5.36. The molecule has 15 heavy (non-hydrogen) atoms. The Morgan fingerprint density at radius 1 is 1.47 bits per heavy atom. The van der Waals surface area contributed by atoms with Crippen molar-refractivity contribution in [1.29, 1.82) is 0 Å². The molecule has 0 bridgehead atoms. The zero-order chi connectivity index (χ0) is 11.1. The van der Waals surface area contributed by atoms with Crippen molar-refractivity contribution < 1.29 is 8.95 Å². The second-order valence-corrected chi connectivity index (χ2v) is 4.89. The van der Waals surface area contributed by atoms with Crippen molar-refractivity contribution in [2.24, 2.45) is 5.73 Å². The largest absolute Gasteiger partial charge is 0.494 e. The van der Waals surface area contributed by atoms with Crippen LogP contribution in [0.3, 0.4) is 0 Å². The van der Waals surface area contributed by atoms with Gasteiger partial charge in [0.1, 0.15) is 5.75 Å². The number of rotatable bonds is 6. The van der Waals surface area contributed by atoms with Crippen molar-refractivity contribution in [3.05, 3.63) is 29.8 Å². The van der Waals surface area contributed by atoms with E-state index >= 15 is 0 Å². The average molecular weight is 227 g/mol. The molecule has 0 fully saturated rings. The van der Waals surface area contributed by atoms with Crippen LogP contribution in [0.25, 0.3) is 0 Å². The first-order valence-electron chi connectivity index (χ1n) is 4.94. The van der Waals surface area contributed by atoms with E-state index in [2.05, 4.69) is 0 Å². The summed E-state index contributed by atoms with van der Waals surface area (Å²) in [6.45, 7) is 1.13. The number of ether oxygens (including phenoxy) is 1. The molecule has 0 amide bonds. The maximum Gasteiger partial charge on any atom is 0.119 e. The lowest BCUT2D eigenvalue weighted by Gasteiger charge is -2.06. The van der Waals surface area contributed by atoms with E-state index in [1.54, 1.807) is 6.26 Å². The summed E-state index contributed by atoms with van der Waals surface area (Å²) in [5.41, 5.74) is 6.58. The molecule has 0 radical (unpaired) electrons. The highest BCUT2D eigenvalue weighted by molar-refractivity contribution is 7.84. The third-order valence-corrected chi connectivity index (χ3v) is 2.84. The van der Waals surface area contributed by atoms with Gasteiger partial charge in [-0.3, -0.25) is 4.21 Å². The summed E-state index contributed by atoms with van der Waals surface area (Å²) >= 11 is 0. The lowest BCUT2D eigenvalue weighted by atomic mass is 10.2. The van der Waals surface area contributed by atoms with Gasteiger partial charge in [-0.05, 0) is 24.1 Å². The second kappa shape index (κ2) is 6.58. The molecule has 1 rings (SSSR count). The van der Waals surface area contributed by atoms with Gasteiger partial charge in [0.05, 0.1) is 6.61 Å². The molecule has 4 heteroatoms. The van der Waals surface area contributed by atoms with Crippen molar-refractivity contribution in [3.8, 4) is 5.75 Å². The minimum Gasteiger partial charge on any atom is -0.494 e. The number of hydrogen-bond acceptors (Lipinski definition) is 3. The van der Waals surface area contributed by atoms with E-state index in [9.17, 15) is 4.21 Å². The van der Waals surface area contributed by atoms with Gasteiger partial charge in [-0.15, -0.1) is 0 Å². The number of nitrogens with two attached hydrogens (primary N) is 1. The fraction of sp³-hybridized carbons (Fsp3) is 0.455. The average Bonchev–Trinajstić information content (AvgIpc) is 2.24. The molecule has 1 aromatic rings. The van der Waals surface area contributed by atoms with Gasteiger partial charge in [0, 0.05) is 29.4 Å². The second-order valence-electron chi connectivity index (χ2n) is 3.33. The van der Waals surface area contributed by atoms with Crippen molar-refractivity contribution in [2.45, 2.75) is 13.0 Å². The van der Waals surface area contributed by atoms with Crippen LogP contribution in [0.1, 0.15) is 12.0 Å². The van der Waals surface area contributed by atoms with E-state index in [-0.39, 0.29) is 0 Å². The van der Waals surface area contributed by atoms with Gasteiger partial charge in [0.2, 0.25) is 0 Å². The van der Waals surface area contributed by atoms with E-state index in [0.29, 0.717) is 18.9 Å². The van der Waals surface area contributed by atoms with Crippen LogP contribution in [0.15, 0.2) is 24.3 Å². The van der Waals surface area contributed by atoms with Crippen LogP contribution in [0.2, 0.25) is 0 Å². The van der Waals surface area contributed by atoms with Crippen LogP contribution in [-0.2, 0) is 17.3 Å². The zero-order valence-electron chi connectivity index (χ0n) is 8.94. The molecule has 2 N–H and O–H groups in total. The molecule has 0 spiro atoms. The van der Waals surface area contributed by atoms with Gasteiger partial charge in [0.15, 0.2) is 0 Å². The third kappa shape index (κ3) is 4.95. The van der Waals surface area contributed by atoms with Crippen molar-refractivity contribution in [3.63, 3.8) is 0 Å². The van der Waals surface area contributed by atoms with Crippen molar-refractivity contribution >= 4 is 10.8 Å². The van der Waals surface area contributed by atoms with Gasteiger partial charge in [-0.1, -0.05) is 12.1 Å². The smallest absolute Gasteiger partial charge is 0.119 e. The topological polar surface area (TPSA) is 52.3 Å². The Bertz CT molecular complexity index is 328. The van der Waals surface area contributed by atoms with Crippen LogP contribution in [0, 0.1) is 0 Å². The standard InChI is InChI=1S/C11H17NO2S/c1-15(13)7-3-6-14-11-5-2-4-10(8-11)9-12/h2,4-5,8H,3,6-7,9,12H2,1H3. The lowest BCUT2D eigenvalue weighted by molar-refractivity contribution is 0.318. The van der Waals surface area contributed by atoms with Gasteiger partial charge in [-0.25, -0.2) is 0 Å². The molecule has 84 valence electrons. The minimum atomic E-state index is -0.729. The van der Waals surface area contributed by atoms with Crippen LogP contribution >= 0.6 is 0 Å². The Morgan fingerprint density at radius 2 is 2.27 bits per heavy atom. The van der Waals surface area contributed by atoms with Crippen LogP contribution in [0.4, 0.5) is 0 Å². The van der Waals surface area contributed by atoms with Crippen LogP contribution in [-0.4, -0.2) is 22.8 Å². The fourth-order valence-corrected chi connectivity index (χ4v) is 1.74. The molecule has 1 atom stereocenters. The molecule has 0 heterocycles. The summed E-state index contributed by atoms with van der Waals surface area (Å²) in [6.07, 6.45) is 2.52. The maximum absolute atomic E-state index is 10.8. The minimum absolute atomic E-state index is 0.524. The quantitative estimate of drug-likeness (QED) is 0.745. The predicted molar refractivity (Wildman–Crippen MR) is 63.4 cm³/mol. The Hall–Kier alpha value is -0.870. The first kappa shape index (κ1) is 12.2. The Balaban J connectivity index is 2.33. The summed E-state index contributed by atoms with van der Waals surface area (Å²) in [4.78, 5) is 0. The van der Waals surface area contributed by atoms with Gasteiger partial charge >= 0.3 is 0 Å². The van der Waals surface area contributed by atoms with E-state index < -0.39 is 10.8 Å². The molecular weight excluding hydrogens is 210 g/mol. The Morgan fingerprint density at radius 3 is 2.93 bits per heavy atom. The molecule has 0 aliphatic rings. The summed E-state index contributed by atoms with van der Waals surface area (Å²) in [7, 11) is -0.729. The monoisotopic (exact) mass is 227 g/mol. The fourth-order valence-electron chi connectivity index (χ4n) is 1.21. The predicted octanol–water partition coefficient (Wildman–Crippen LogP) is 1.29. The molecular formula is C11H17NO2S. The van der Waals surface area contributed by atoms with Crippen LogP contribution in [0.5, 0.6) is 5.75 Å². The SMILES string of the molecule is CS(=O)CCCOc1cccc(CN)c1. The third-order valence-electron chi connectivity index (χ3n) is 1.98. The van der Waals surface area contributed by atoms with E-state index in [1.165, 1.54) is 0 Å². The lowest BCUT2D eigenvalue weighted by Crippen LogP contribution is -2.04. The molecule has 0 saturated carbocycles. The van der Waals surface area contributed by atoms with E-state index in [0.717, 1.165) is 17.7 Å². The van der Waals surface area contributed by atoms with Crippen molar-refractivity contribution in [1.82, 2.24) is 0 Å². The van der Waals surface area contributed by atoms with Gasteiger partial charge < -0.3 is 10.5 Å². The molecule has 0 aliphatic heterocycles. The molecule has 3 nitrogen and oxygen atoms in total. The number of hydrogen-bond donors (Lipinski definition) is 1. The normalized spacial score (nSPS) is 12.4. The zero-order valence-corrected chi connectivity index (χ0v) is 9.76. The first-order chi connectivity index (χ1) is 7.22. The van der Waals surface area contributed by atoms with Gasteiger partial charge in [0.25, 0.3) is 0 Å². The molecule has 0 aliphatic carbocycles. The Labute approximate surface area is 93.1 Å². The summed E-state index contributed by atoms with van der Waals surface area (Å²) in [6, 6.07) is 7.73. The summed E-state index contributed by atoms with van der Waals surface area (Å²) in [5, 5.41) is 0. The highest BCUT2D eigenvalue weighted by atomic mass is 32.2. The molecule has 0 aromatic heterocycles. The molecule has 1 unspecified atom stereocenters. The summed E-state index contributed by atoms with van der Waals surface area (Å²) < 4.78 is 16.3. The molecule has 1 aromatic carbocycles. The molecule has 0 saturated heterocycles. The van der Waals surface area contributed by atoms with E-state index in [4.69, 9.17) is 10.5 Å². The maximum atomic E-state index is 10.8.